The smallest absolute Gasteiger partial charge is 0.306 e. The fourth-order valence-corrected chi connectivity index (χ4v) is 8.60. The van der Waals surface area contributed by atoms with Crippen LogP contribution < -0.4 is 5.32 Å². The van der Waals surface area contributed by atoms with Crippen LogP contribution in [0.1, 0.15) is 290 Å². The summed E-state index contributed by atoms with van der Waals surface area (Å²) in [5.41, 5.74) is 0. The van der Waals surface area contributed by atoms with E-state index in [1.807, 2.05) is 0 Å². The van der Waals surface area contributed by atoms with Gasteiger partial charge in [0.05, 0.1) is 25.2 Å². The van der Waals surface area contributed by atoms with E-state index in [9.17, 15) is 19.8 Å². The molecule has 0 aromatic rings. The number of amides is 1. The summed E-state index contributed by atoms with van der Waals surface area (Å²) in [7, 11) is 0. The van der Waals surface area contributed by atoms with E-state index in [4.69, 9.17) is 4.74 Å². The number of allylic oxidation sites excluding steroid dienone is 8. The first-order chi connectivity index (χ1) is 32.0. The number of rotatable bonds is 51. The topological polar surface area (TPSA) is 95.9 Å². The van der Waals surface area contributed by atoms with Crippen LogP contribution in [0.4, 0.5) is 0 Å². The molecule has 380 valence electrons. The van der Waals surface area contributed by atoms with Crippen LogP contribution in [0.5, 0.6) is 0 Å². The van der Waals surface area contributed by atoms with Crippen molar-refractivity contribution >= 4 is 11.9 Å². The van der Waals surface area contributed by atoms with E-state index < -0.39 is 18.2 Å². The predicted octanol–water partition coefficient (Wildman–Crippen LogP) is 17.4. The Hall–Kier alpha value is -2.18. The molecule has 0 bridgehead atoms. The molecule has 0 fully saturated rings. The molecule has 0 saturated heterocycles. The molecule has 65 heavy (non-hydrogen) atoms. The molecule has 1 amide bonds. The van der Waals surface area contributed by atoms with E-state index in [1.165, 1.54) is 173 Å². The minimum atomic E-state index is -0.796. The van der Waals surface area contributed by atoms with Crippen LogP contribution in [0.2, 0.25) is 0 Å². The maximum Gasteiger partial charge on any atom is 0.306 e. The molecule has 0 rings (SSSR count). The molecule has 0 heterocycles. The van der Waals surface area contributed by atoms with Gasteiger partial charge in [-0.2, -0.15) is 0 Å². The van der Waals surface area contributed by atoms with Crippen molar-refractivity contribution in [3.63, 3.8) is 0 Å². The zero-order valence-electron chi connectivity index (χ0n) is 43.4. The lowest BCUT2D eigenvalue weighted by Crippen LogP contribution is -2.46. The molecule has 0 saturated carbocycles. The van der Waals surface area contributed by atoms with Gasteiger partial charge in [0.15, 0.2) is 0 Å². The number of hydrogen-bond donors (Lipinski definition) is 3. The molecule has 0 radical (unpaired) electrons. The number of ether oxygens (including phenoxy) is 1. The van der Waals surface area contributed by atoms with Crippen molar-refractivity contribution < 1.29 is 24.5 Å². The van der Waals surface area contributed by atoms with Gasteiger partial charge in [0.2, 0.25) is 5.91 Å². The molecular formula is C59H109NO5. The van der Waals surface area contributed by atoms with Crippen LogP contribution in [-0.2, 0) is 14.3 Å². The second-order valence-electron chi connectivity index (χ2n) is 19.3. The van der Waals surface area contributed by atoms with Crippen LogP contribution in [0.15, 0.2) is 48.6 Å². The van der Waals surface area contributed by atoms with Gasteiger partial charge < -0.3 is 20.3 Å². The van der Waals surface area contributed by atoms with Crippen molar-refractivity contribution in [2.45, 2.75) is 309 Å². The van der Waals surface area contributed by atoms with Crippen molar-refractivity contribution in [3.05, 3.63) is 48.6 Å². The van der Waals surface area contributed by atoms with Crippen LogP contribution in [0, 0.1) is 0 Å². The molecule has 6 nitrogen and oxygen atoms in total. The lowest BCUT2D eigenvalue weighted by molar-refractivity contribution is -0.151. The molecule has 0 aliphatic carbocycles. The van der Waals surface area contributed by atoms with Gasteiger partial charge in [-0.05, 0) is 64.2 Å². The van der Waals surface area contributed by atoms with Gasteiger partial charge in [0.1, 0.15) is 6.10 Å². The Bertz CT molecular complexity index is 1110. The Morgan fingerprint density at radius 2 is 0.785 bits per heavy atom. The third-order valence-electron chi connectivity index (χ3n) is 12.9. The highest BCUT2D eigenvalue weighted by molar-refractivity contribution is 5.77. The van der Waals surface area contributed by atoms with Crippen molar-refractivity contribution in [3.8, 4) is 0 Å². The van der Waals surface area contributed by atoms with E-state index in [0.717, 1.165) is 64.2 Å². The van der Waals surface area contributed by atoms with Gasteiger partial charge in [-0.25, -0.2) is 0 Å². The Labute approximate surface area is 404 Å². The van der Waals surface area contributed by atoms with E-state index in [-0.39, 0.29) is 24.9 Å². The SMILES string of the molecule is CCCCC/C=C\C/C=C\C/C=C\C/C=C\CCCC(=O)OC(CCCCCCCCCCCCCCCC)CC(=O)NC(CO)C(O)CCCCCCCCCCCCCCCCC. The van der Waals surface area contributed by atoms with Crippen molar-refractivity contribution in [1.29, 1.82) is 0 Å². The number of carbonyl (C=O) groups excluding carboxylic acids is 2. The van der Waals surface area contributed by atoms with Gasteiger partial charge in [0, 0.05) is 6.42 Å². The molecule has 0 aliphatic heterocycles. The number of aliphatic hydroxyl groups excluding tert-OH is 2. The highest BCUT2D eigenvalue weighted by Gasteiger charge is 2.24. The molecule has 0 aromatic carbocycles. The van der Waals surface area contributed by atoms with E-state index in [1.54, 1.807) is 0 Å². The van der Waals surface area contributed by atoms with E-state index in [2.05, 4.69) is 74.7 Å². The largest absolute Gasteiger partial charge is 0.462 e. The molecule has 3 unspecified atom stereocenters. The lowest BCUT2D eigenvalue weighted by atomic mass is 10.0. The first kappa shape index (κ1) is 62.8. The maximum absolute atomic E-state index is 13.2. The quantitative estimate of drug-likeness (QED) is 0.0321. The summed E-state index contributed by atoms with van der Waals surface area (Å²) < 4.78 is 5.93. The minimum Gasteiger partial charge on any atom is -0.462 e. The summed E-state index contributed by atoms with van der Waals surface area (Å²) >= 11 is 0. The summed E-state index contributed by atoms with van der Waals surface area (Å²) in [6.07, 6.45) is 64.6. The summed E-state index contributed by atoms with van der Waals surface area (Å²) in [6.45, 7) is 6.47. The zero-order valence-corrected chi connectivity index (χ0v) is 43.4. The van der Waals surface area contributed by atoms with Gasteiger partial charge in [-0.3, -0.25) is 9.59 Å². The Morgan fingerprint density at radius 1 is 0.446 bits per heavy atom. The van der Waals surface area contributed by atoms with E-state index >= 15 is 0 Å². The Morgan fingerprint density at radius 3 is 1.18 bits per heavy atom. The molecule has 0 aromatic heterocycles. The number of hydrogen-bond acceptors (Lipinski definition) is 5. The second kappa shape index (κ2) is 52.8. The number of unbranched alkanes of at least 4 members (excludes halogenated alkanes) is 31. The van der Waals surface area contributed by atoms with Crippen LogP contribution in [-0.4, -0.2) is 46.9 Å². The average Bonchev–Trinajstić information content (AvgIpc) is 3.30. The van der Waals surface area contributed by atoms with Crippen LogP contribution in [0.25, 0.3) is 0 Å². The zero-order chi connectivity index (χ0) is 47.4. The van der Waals surface area contributed by atoms with E-state index in [0.29, 0.717) is 25.7 Å². The third kappa shape index (κ3) is 48.1. The first-order valence-electron chi connectivity index (χ1n) is 28.4. The maximum atomic E-state index is 13.2. The van der Waals surface area contributed by atoms with Crippen molar-refractivity contribution in [2.24, 2.45) is 0 Å². The Kier molecular flexibility index (Phi) is 51.0. The van der Waals surface area contributed by atoms with Gasteiger partial charge in [-0.1, -0.05) is 262 Å². The fourth-order valence-electron chi connectivity index (χ4n) is 8.60. The number of nitrogens with one attached hydrogen (secondary N) is 1. The van der Waals surface area contributed by atoms with Gasteiger partial charge in [0.25, 0.3) is 0 Å². The standard InChI is InChI=1S/C59H109NO5/c1-4-7-10-13-16-19-22-25-28-29-31-34-37-40-43-46-49-52-59(64)65-55(50-47-44-41-38-35-32-27-24-21-18-15-12-9-6-3)53-58(63)60-56(54-61)57(62)51-48-45-42-39-36-33-30-26-23-20-17-14-11-8-5-2/h16,19,25,28,31,34,40,43,55-57,61-62H,4-15,17-18,20-24,26-27,29-30,32-33,35-39,41-42,44-54H2,1-3H3,(H,60,63)/b19-16-,28-25-,34-31-,43-40-. The molecule has 3 N–H and O–H groups in total. The normalized spacial score (nSPS) is 13.5. The molecule has 0 aliphatic rings. The number of esters is 1. The average molecular weight is 913 g/mol. The van der Waals surface area contributed by atoms with Crippen LogP contribution >= 0.6 is 0 Å². The predicted molar refractivity (Wildman–Crippen MR) is 282 cm³/mol. The van der Waals surface area contributed by atoms with Gasteiger partial charge in [-0.15, -0.1) is 0 Å². The number of aliphatic hydroxyl groups is 2. The summed E-state index contributed by atoms with van der Waals surface area (Å²) in [4.78, 5) is 26.2. The molecular weight excluding hydrogens is 803 g/mol. The summed E-state index contributed by atoms with van der Waals surface area (Å²) in [5.74, 6) is -0.528. The second-order valence-corrected chi connectivity index (χ2v) is 19.3. The molecule has 0 spiro atoms. The minimum absolute atomic E-state index is 0.0591. The van der Waals surface area contributed by atoms with Gasteiger partial charge >= 0.3 is 5.97 Å². The third-order valence-corrected chi connectivity index (χ3v) is 12.9. The molecule has 6 heteroatoms. The van der Waals surface area contributed by atoms with Crippen molar-refractivity contribution in [2.75, 3.05) is 6.61 Å². The first-order valence-corrected chi connectivity index (χ1v) is 28.4. The van der Waals surface area contributed by atoms with Crippen molar-refractivity contribution in [1.82, 2.24) is 5.32 Å². The highest BCUT2D eigenvalue weighted by atomic mass is 16.5. The Balaban J connectivity index is 4.61. The fraction of sp³-hybridized carbons (Fsp3) is 0.831. The highest BCUT2D eigenvalue weighted by Crippen LogP contribution is 2.18. The monoisotopic (exact) mass is 912 g/mol. The summed E-state index contributed by atoms with van der Waals surface area (Å²) in [5, 5.41) is 23.9. The number of carbonyl (C=O) groups is 2. The summed E-state index contributed by atoms with van der Waals surface area (Å²) in [6, 6.07) is -0.711. The molecule has 3 atom stereocenters. The lowest BCUT2D eigenvalue weighted by Gasteiger charge is -2.24. The van der Waals surface area contributed by atoms with Crippen LogP contribution in [0.3, 0.4) is 0 Å².